The molecule has 0 saturated carbocycles. The van der Waals surface area contributed by atoms with E-state index in [4.69, 9.17) is 4.74 Å². The van der Waals surface area contributed by atoms with Crippen LogP contribution >= 0.6 is 15.9 Å². The van der Waals surface area contributed by atoms with E-state index < -0.39 is 0 Å². The van der Waals surface area contributed by atoms with E-state index in [9.17, 15) is 5.11 Å². The maximum absolute atomic E-state index is 9.26. The summed E-state index contributed by atoms with van der Waals surface area (Å²) < 4.78 is 8.55. The van der Waals surface area contributed by atoms with Gasteiger partial charge in [-0.05, 0) is 32.0 Å². The van der Waals surface area contributed by atoms with E-state index in [1.807, 2.05) is 42.8 Å². The van der Waals surface area contributed by atoms with Crippen LogP contribution in [0.25, 0.3) is 0 Å². The number of hydrogen-bond donors (Lipinski definition) is 1. The minimum absolute atomic E-state index is 0.0319. The molecule has 5 heteroatoms. The van der Waals surface area contributed by atoms with Gasteiger partial charge in [0, 0.05) is 15.7 Å². The standard InChI is InChI=1S/C14H17BrN2O2/c1-10-14(9-18)11(2)17(16-10)6-7-19-13-5-3-4-12(15)8-13/h3-5,8,18H,6-7,9H2,1-2H3. The third-order valence-electron chi connectivity index (χ3n) is 3.06. The van der Waals surface area contributed by atoms with Gasteiger partial charge in [-0.25, -0.2) is 0 Å². The van der Waals surface area contributed by atoms with E-state index in [1.54, 1.807) is 0 Å². The molecule has 1 aromatic carbocycles. The molecule has 102 valence electrons. The minimum Gasteiger partial charge on any atom is -0.492 e. The fourth-order valence-electron chi connectivity index (χ4n) is 1.99. The number of halogens is 1. The van der Waals surface area contributed by atoms with E-state index in [1.165, 1.54) is 0 Å². The van der Waals surface area contributed by atoms with Gasteiger partial charge < -0.3 is 9.84 Å². The minimum atomic E-state index is 0.0319. The van der Waals surface area contributed by atoms with Crippen molar-refractivity contribution >= 4 is 15.9 Å². The van der Waals surface area contributed by atoms with Crippen LogP contribution in [0, 0.1) is 13.8 Å². The van der Waals surface area contributed by atoms with Crippen LogP contribution in [0.2, 0.25) is 0 Å². The maximum atomic E-state index is 9.26. The van der Waals surface area contributed by atoms with Gasteiger partial charge in [-0.3, -0.25) is 4.68 Å². The number of rotatable bonds is 5. The fourth-order valence-corrected chi connectivity index (χ4v) is 2.37. The Balaban J connectivity index is 1.96. The van der Waals surface area contributed by atoms with Crippen molar-refractivity contribution in [2.45, 2.75) is 27.0 Å². The van der Waals surface area contributed by atoms with E-state index in [2.05, 4.69) is 21.0 Å². The number of ether oxygens (including phenoxy) is 1. The predicted molar refractivity (Wildman–Crippen MR) is 77.3 cm³/mol. The topological polar surface area (TPSA) is 47.3 Å². The van der Waals surface area contributed by atoms with Crippen molar-refractivity contribution in [2.75, 3.05) is 6.61 Å². The molecule has 4 nitrogen and oxygen atoms in total. The zero-order valence-corrected chi connectivity index (χ0v) is 12.6. The van der Waals surface area contributed by atoms with E-state index in [0.717, 1.165) is 27.2 Å². The third kappa shape index (κ3) is 3.36. The molecule has 0 saturated heterocycles. The van der Waals surface area contributed by atoms with E-state index in [0.29, 0.717) is 13.2 Å². The molecule has 1 N–H and O–H groups in total. The largest absolute Gasteiger partial charge is 0.492 e. The van der Waals surface area contributed by atoms with Crippen molar-refractivity contribution in [2.24, 2.45) is 0 Å². The highest BCUT2D eigenvalue weighted by atomic mass is 79.9. The van der Waals surface area contributed by atoms with Gasteiger partial charge in [0.2, 0.25) is 0 Å². The van der Waals surface area contributed by atoms with Crippen LogP contribution in [0.15, 0.2) is 28.7 Å². The summed E-state index contributed by atoms with van der Waals surface area (Å²) in [5.41, 5.74) is 2.78. The van der Waals surface area contributed by atoms with Crippen LogP contribution in [0.5, 0.6) is 5.75 Å². The third-order valence-corrected chi connectivity index (χ3v) is 3.55. The molecule has 2 rings (SSSR count). The normalized spacial score (nSPS) is 10.7. The van der Waals surface area contributed by atoms with Crippen LogP contribution in [-0.2, 0) is 13.2 Å². The molecule has 0 amide bonds. The first-order chi connectivity index (χ1) is 9.11. The molecule has 0 unspecified atom stereocenters. The first kappa shape index (κ1) is 14.1. The zero-order chi connectivity index (χ0) is 13.8. The van der Waals surface area contributed by atoms with Crippen molar-refractivity contribution in [1.82, 2.24) is 9.78 Å². The quantitative estimate of drug-likeness (QED) is 0.920. The molecule has 0 aliphatic rings. The van der Waals surface area contributed by atoms with Gasteiger partial charge in [0.1, 0.15) is 12.4 Å². The molecular formula is C14H17BrN2O2. The van der Waals surface area contributed by atoms with Crippen LogP contribution in [0.3, 0.4) is 0 Å². The summed E-state index contributed by atoms with van der Waals surface area (Å²) in [5, 5.41) is 13.7. The SMILES string of the molecule is Cc1nn(CCOc2cccc(Br)c2)c(C)c1CO. The molecule has 1 heterocycles. The van der Waals surface area contributed by atoms with E-state index in [-0.39, 0.29) is 6.61 Å². The summed E-state index contributed by atoms with van der Waals surface area (Å²) >= 11 is 3.41. The van der Waals surface area contributed by atoms with Gasteiger partial charge in [-0.1, -0.05) is 22.0 Å². The Hall–Kier alpha value is -1.33. The molecule has 0 fully saturated rings. The first-order valence-electron chi connectivity index (χ1n) is 6.14. The number of nitrogens with zero attached hydrogens (tertiary/aromatic N) is 2. The molecule has 0 aliphatic heterocycles. The highest BCUT2D eigenvalue weighted by Crippen LogP contribution is 2.18. The first-order valence-corrected chi connectivity index (χ1v) is 6.93. The zero-order valence-electron chi connectivity index (χ0n) is 11.1. The van der Waals surface area contributed by atoms with Gasteiger partial charge in [0.25, 0.3) is 0 Å². The lowest BCUT2D eigenvalue weighted by Crippen LogP contribution is -2.11. The molecule has 0 spiro atoms. The second kappa shape index (κ2) is 6.21. The van der Waals surface area contributed by atoms with Gasteiger partial charge in [0.15, 0.2) is 0 Å². The summed E-state index contributed by atoms with van der Waals surface area (Å²) in [6, 6.07) is 7.75. The monoisotopic (exact) mass is 324 g/mol. The number of aliphatic hydroxyl groups excluding tert-OH is 1. The summed E-state index contributed by atoms with van der Waals surface area (Å²) in [7, 11) is 0. The highest BCUT2D eigenvalue weighted by Gasteiger charge is 2.09. The molecule has 0 radical (unpaired) electrons. The Morgan fingerprint density at radius 1 is 1.37 bits per heavy atom. The number of aromatic nitrogens is 2. The lowest BCUT2D eigenvalue weighted by Gasteiger charge is -2.08. The Morgan fingerprint density at radius 3 is 2.79 bits per heavy atom. The van der Waals surface area contributed by atoms with Crippen molar-refractivity contribution in [3.8, 4) is 5.75 Å². The molecule has 19 heavy (non-hydrogen) atoms. The Morgan fingerprint density at radius 2 is 2.16 bits per heavy atom. The number of aliphatic hydroxyl groups is 1. The Bertz CT molecular complexity index is 567. The van der Waals surface area contributed by atoms with Gasteiger partial charge in [0.05, 0.1) is 18.8 Å². The Kier molecular flexibility index (Phi) is 4.61. The second-order valence-electron chi connectivity index (χ2n) is 4.34. The van der Waals surface area contributed by atoms with Gasteiger partial charge >= 0.3 is 0 Å². The van der Waals surface area contributed by atoms with Crippen molar-refractivity contribution < 1.29 is 9.84 Å². The molecule has 2 aromatic rings. The summed E-state index contributed by atoms with van der Waals surface area (Å²) in [6.07, 6.45) is 0. The van der Waals surface area contributed by atoms with Crippen LogP contribution < -0.4 is 4.74 Å². The highest BCUT2D eigenvalue weighted by molar-refractivity contribution is 9.10. The smallest absolute Gasteiger partial charge is 0.120 e. The van der Waals surface area contributed by atoms with Crippen LogP contribution in [0.1, 0.15) is 17.0 Å². The van der Waals surface area contributed by atoms with Crippen LogP contribution in [0.4, 0.5) is 0 Å². The number of hydrogen-bond acceptors (Lipinski definition) is 3. The number of aryl methyl sites for hydroxylation is 1. The van der Waals surface area contributed by atoms with Crippen molar-refractivity contribution in [3.63, 3.8) is 0 Å². The average molecular weight is 325 g/mol. The molecule has 0 aliphatic carbocycles. The van der Waals surface area contributed by atoms with Crippen molar-refractivity contribution in [1.29, 1.82) is 0 Å². The summed E-state index contributed by atoms with van der Waals surface area (Å²) in [4.78, 5) is 0. The summed E-state index contributed by atoms with van der Waals surface area (Å²) in [6.45, 7) is 5.11. The molecule has 1 aromatic heterocycles. The molecular weight excluding hydrogens is 308 g/mol. The predicted octanol–water partition coefficient (Wildman–Crippen LogP) is 2.83. The van der Waals surface area contributed by atoms with Gasteiger partial charge in [-0.15, -0.1) is 0 Å². The number of benzene rings is 1. The second-order valence-corrected chi connectivity index (χ2v) is 5.25. The summed E-state index contributed by atoms with van der Waals surface area (Å²) in [5.74, 6) is 0.832. The Labute approximate surface area is 121 Å². The fraction of sp³-hybridized carbons (Fsp3) is 0.357. The van der Waals surface area contributed by atoms with E-state index >= 15 is 0 Å². The maximum Gasteiger partial charge on any atom is 0.120 e. The average Bonchev–Trinajstić information content (AvgIpc) is 2.64. The molecule has 0 bridgehead atoms. The molecule has 0 atom stereocenters. The van der Waals surface area contributed by atoms with Crippen LogP contribution in [-0.4, -0.2) is 21.5 Å². The van der Waals surface area contributed by atoms with Crippen molar-refractivity contribution in [3.05, 3.63) is 45.7 Å². The lowest BCUT2D eigenvalue weighted by molar-refractivity contribution is 0.278. The lowest BCUT2D eigenvalue weighted by atomic mass is 10.2. The van der Waals surface area contributed by atoms with Gasteiger partial charge in [-0.2, -0.15) is 5.10 Å².